The highest BCUT2D eigenvalue weighted by atomic mass is 19.4. The van der Waals surface area contributed by atoms with E-state index in [4.69, 9.17) is 4.74 Å². The molecule has 10 nitrogen and oxygen atoms in total. The van der Waals surface area contributed by atoms with Crippen LogP contribution in [-0.4, -0.2) is 74.9 Å². The minimum absolute atomic E-state index is 0.0478. The van der Waals surface area contributed by atoms with Crippen molar-refractivity contribution in [3.05, 3.63) is 46.3 Å². The van der Waals surface area contributed by atoms with Gasteiger partial charge < -0.3 is 19.1 Å². The first-order valence-corrected chi connectivity index (χ1v) is 11.3. The number of ether oxygens (including phenoxy) is 1. The van der Waals surface area contributed by atoms with Gasteiger partial charge in [0, 0.05) is 51.3 Å². The van der Waals surface area contributed by atoms with Gasteiger partial charge in [0.05, 0.1) is 42.3 Å². The third-order valence-electron chi connectivity index (χ3n) is 5.98. The van der Waals surface area contributed by atoms with Crippen LogP contribution in [0.3, 0.4) is 0 Å². The first kappa shape index (κ1) is 24.6. The Morgan fingerprint density at radius 2 is 1.83 bits per heavy atom. The summed E-state index contributed by atoms with van der Waals surface area (Å²) in [6.45, 7) is 4.89. The van der Waals surface area contributed by atoms with Crippen molar-refractivity contribution in [3.63, 3.8) is 0 Å². The van der Waals surface area contributed by atoms with Crippen LogP contribution in [0.1, 0.15) is 24.5 Å². The van der Waals surface area contributed by atoms with E-state index in [0.717, 1.165) is 29.9 Å². The van der Waals surface area contributed by atoms with Crippen LogP contribution in [0.4, 0.5) is 19.1 Å². The molecule has 1 amide bonds. The van der Waals surface area contributed by atoms with Crippen molar-refractivity contribution in [2.75, 3.05) is 44.3 Å². The maximum atomic E-state index is 12.7. The molecule has 1 aliphatic rings. The number of aryl methyl sites for hydroxylation is 1. The Morgan fingerprint density at radius 1 is 1.11 bits per heavy atom. The number of nitrogens with one attached hydrogen (secondary N) is 1. The molecule has 0 spiro atoms. The van der Waals surface area contributed by atoms with Crippen molar-refractivity contribution in [1.82, 2.24) is 29.6 Å². The maximum absolute atomic E-state index is 12.7. The molecule has 1 fully saturated rings. The zero-order valence-electron chi connectivity index (χ0n) is 19.2. The van der Waals surface area contributed by atoms with Crippen molar-refractivity contribution in [3.8, 4) is 0 Å². The Kier molecular flexibility index (Phi) is 7.34. The summed E-state index contributed by atoms with van der Waals surface area (Å²) in [7, 11) is 0. The molecule has 1 saturated heterocycles. The number of aromatic amines is 1. The maximum Gasteiger partial charge on any atom is 0.419 e. The Morgan fingerprint density at radius 3 is 2.49 bits per heavy atom. The molecular weight excluding hydrogens is 467 g/mol. The van der Waals surface area contributed by atoms with Crippen molar-refractivity contribution in [1.29, 1.82) is 0 Å². The summed E-state index contributed by atoms with van der Waals surface area (Å²) in [5.74, 6) is 0.169. The van der Waals surface area contributed by atoms with E-state index in [0.29, 0.717) is 44.7 Å². The lowest BCUT2D eigenvalue weighted by atomic mass is 10.2. The van der Waals surface area contributed by atoms with Gasteiger partial charge >= 0.3 is 6.18 Å². The van der Waals surface area contributed by atoms with E-state index in [1.807, 2.05) is 17.7 Å². The standard InChI is InChI=1S/C22H26F3N7O3/c1-2-15-14-32(17-13-28-29-20(34)19(15)17)8-10-35-9-3-18(33)30-4-6-31(7-5-30)21-26-11-16(12-27-21)22(23,24)25/h11-14H,2-10H2,1H3,(H,29,34). The highest BCUT2D eigenvalue weighted by Crippen LogP contribution is 2.28. The number of carbonyl (C=O) groups is 1. The van der Waals surface area contributed by atoms with Gasteiger partial charge in [-0.3, -0.25) is 9.59 Å². The largest absolute Gasteiger partial charge is 0.419 e. The predicted octanol–water partition coefficient (Wildman–Crippen LogP) is 1.85. The molecule has 1 N–H and O–H groups in total. The number of rotatable bonds is 8. The fraction of sp³-hybridized carbons (Fsp3) is 0.500. The molecular formula is C22H26F3N7O3. The summed E-state index contributed by atoms with van der Waals surface area (Å²) in [6.07, 6.45) is 1.56. The number of carbonyl (C=O) groups excluding carboxylic acids is 1. The number of halogens is 3. The van der Waals surface area contributed by atoms with Gasteiger partial charge in [0.1, 0.15) is 0 Å². The number of amides is 1. The Balaban J connectivity index is 1.20. The molecule has 13 heteroatoms. The summed E-state index contributed by atoms with van der Waals surface area (Å²) in [6, 6.07) is 0. The molecule has 0 radical (unpaired) electrons. The number of nitrogens with zero attached hydrogens (tertiary/aromatic N) is 6. The van der Waals surface area contributed by atoms with Gasteiger partial charge in [0.25, 0.3) is 5.56 Å². The fourth-order valence-corrected chi connectivity index (χ4v) is 4.06. The Bertz CT molecular complexity index is 1220. The second kappa shape index (κ2) is 10.4. The van der Waals surface area contributed by atoms with Crippen LogP contribution in [0, 0.1) is 0 Å². The van der Waals surface area contributed by atoms with Crippen LogP contribution in [0.15, 0.2) is 29.6 Å². The molecule has 3 aromatic heterocycles. The van der Waals surface area contributed by atoms with Gasteiger partial charge in [-0.2, -0.15) is 18.3 Å². The van der Waals surface area contributed by atoms with E-state index in [1.54, 1.807) is 16.0 Å². The van der Waals surface area contributed by atoms with Gasteiger partial charge in [-0.15, -0.1) is 0 Å². The average Bonchev–Trinajstić information content (AvgIpc) is 3.22. The highest BCUT2D eigenvalue weighted by Gasteiger charge is 2.32. The molecule has 0 saturated carbocycles. The lowest BCUT2D eigenvalue weighted by Gasteiger charge is -2.34. The summed E-state index contributed by atoms with van der Waals surface area (Å²) in [5, 5.41) is 6.97. The smallest absolute Gasteiger partial charge is 0.379 e. The molecule has 0 atom stereocenters. The minimum atomic E-state index is -4.48. The molecule has 3 aromatic rings. The van der Waals surface area contributed by atoms with Crippen LogP contribution in [0.25, 0.3) is 10.9 Å². The van der Waals surface area contributed by atoms with Crippen LogP contribution in [-0.2, 0) is 28.7 Å². The van der Waals surface area contributed by atoms with E-state index in [-0.39, 0.29) is 30.4 Å². The van der Waals surface area contributed by atoms with E-state index in [2.05, 4.69) is 20.2 Å². The topological polar surface area (TPSA) is 109 Å². The molecule has 0 bridgehead atoms. The Labute approximate surface area is 198 Å². The molecule has 4 rings (SSSR count). The number of aromatic nitrogens is 5. The molecule has 188 valence electrons. The average molecular weight is 493 g/mol. The molecule has 0 aliphatic carbocycles. The summed E-state index contributed by atoms with van der Waals surface area (Å²) in [4.78, 5) is 35.7. The second-order valence-corrected chi connectivity index (χ2v) is 8.16. The quantitative estimate of drug-likeness (QED) is 0.477. The number of alkyl halides is 3. The number of hydrogen-bond donors (Lipinski definition) is 1. The van der Waals surface area contributed by atoms with Crippen LogP contribution < -0.4 is 10.5 Å². The highest BCUT2D eigenvalue weighted by molar-refractivity contribution is 5.82. The zero-order valence-corrected chi connectivity index (χ0v) is 19.2. The molecule has 0 aromatic carbocycles. The lowest BCUT2D eigenvalue weighted by Crippen LogP contribution is -2.49. The predicted molar refractivity (Wildman–Crippen MR) is 121 cm³/mol. The Hall–Kier alpha value is -3.48. The van der Waals surface area contributed by atoms with Gasteiger partial charge in [-0.25, -0.2) is 15.1 Å². The summed E-state index contributed by atoms with van der Waals surface area (Å²) < 4.78 is 45.6. The van der Waals surface area contributed by atoms with Crippen LogP contribution in [0.2, 0.25) is 0 Å². The number of H-pyrrole nitrogens is 1. The normalized spacial score (nSPS) is 14.6. The van der Waals surface area contributed by atoms with Crippen molar-refractivity contribution < 1.29 is 22.7 Å². The van der Waals surface area contributed by atoms with Gasteiger partial charge in [-0.05, 0) is 12.0 Å². The van der Waals surface area contributed by atoms with E-state index in [1.165, 1.54) is 0 Å². The number of fused-ring (bicyclic) bond motifs is 1. The molecule has 35 heavy (non-hydrogen) atoms. The number of hydrogen-bond acceptors (Lipinski definition) is 7. The third kappa shape index (κ3) is 5.61. The second-order valence-electron chi connectivity index (χ2n) is 8.16. The first-order valence-electron chi connectivity index (χ1n) is 11.3. The zero-order chi connectivity index (χ0) is 25.0. The first-order chi connectivity index (χ1) is 16.8. The fourth-order valence-electron chi connectivity index (χ4n) is 4.06. The SMILES string of the molecule is CCc1cn(CCOCCC(=O)N2CCN(c3ncc(C(F)(F)F)cn3)CC2)c2cn[nH]c(=O)c12. The summed E-state index contributed by atoms with van der Waals surface area (Å²) >= 11 is 0. The summed E-state index contributed by atoms with van der Waals surface area (Å²) in [5.41, 5.74) is 0.589. The molecule has 0 unspecified atom stereocenters. The minimum Gasteiger partial charge on any atom is -0.379 e. The number of piperazine rings is 1. The number of anilines is 1. The lowest BCUT2D eigenvalue weighted by molar-refractivity contribution is -0.138. The van der Waals surface area contributed by atoms with E-state index >= 15 is 0 Å². The third-order valence-corrected chi connectivity index (χ3v) is 5.98. The van der Waals surface area contributed by atoms with Crippen molar-refractivity contribution >= 4 is 22.8 Å². The molecule has 4 heterocycles. The van der Waals surface area contributed by atoms with Gasteiger partial charge in [0.2, 0.25) is 11.9 Å². The van der Waals surface area contributed by atoms with Crippen LogP contribution in [0.5, 0.6) is 0 Å². The van der Waals surface area contributed by atoms with Crippen molar-refractivity contribution in [2.24, 2.45) is 0 Å². The van der Waals surface area contributed by atoms with Crippen molar-refractivity contribution in [2.45, 2.75) is 32.5 Å². The molecule has 1 aliphatic heterocycles. The van der Waals surface area contributed by atoms with Gasteiger partial charge in [-0.1, -0.05) is 6.92 Å². The van der Waals surface area contributed by atoms with E-state index in [9.17, 15) is 22.8 Å². The monoisotopic (exact) mass is 493 g/mol. The van der Waals surface area contributed by atoms with E-state index < -0.39 is 11.7 Å². The van der Waals surface area contributed by atoms with Crippen LogP contribution >= 0.6 is 0 Å². The van der Waals surface area contributed by atoms with Gasteiger partial charge in [0.15, 0.2) is 0 Å².